The van der Waals surface area contributed by atoms with Crippen molar-refractivity contribution in [2.24, 2.45) is 7.05 Å². The molecule has 3 aromatic rings. The number of pyridine rings is 1. The van der Waals surface area contributed by atoms with Gasteiger partial charge in [-0.3, -0.25) is 9.78 Å². The van der Waals surface area contributed by atoms with Crippen molar-refractivity contribution < 1.29 is 9.53 Å². The Kier molecular flexibility index (Phi) is 5.48. The Morgan fingerprint density at radius 1 is 1.21 bits per heavy atom. The van der Waals surface area contributed by atoms with Crippen molar-refractivity contribution >= 4 is 5.91 Å². The van der Waals surface area contributed by atoms with Gasteiger partial charge in [-0.15, -0.1) is 0 Å². The Bertz CT molecular complexity index is 932. The number of imidazole rings is 1. The van der Waals surface area contributed by atoms with Crippen LogP contribution in [0, 0.1) is 0 Å². The summed E-state index contributed by atoms with van der Waals surface area (Å²) in [5.41, 5.74) is 2.44. The second-order valence-electron chi connectivity index (χ2n) is 7.08. The van der Waals surface area contributed by atoms with Gasteiger partial charge in [0.2, 0.25) is 0 Å². The normalized spacial score (nSPS) is 16.2. The molecule has 0 saturated carbocycles. The minimum absolute atomic E-state index is 0.0165. The van der Waals surface area contributed by atoms with Gasteiger partial charge in [0.1, 0.15) is 5.82 Å². The zero-order chi connectivity index (χ0) is 19.3. The van der Waals surface area contributed by atoms with Gasteiger partial charge >= 0.3 is 0 Å². The van der Waals surface area contributed by atoms with Crippen LogP contribution in [-0.4, -0.2) is 44.6 Å². The third-order valence-corrected chi connectivity index (χ3v) is 5.00. The second-order valence-corrected chi connectivity index (χ2v) is 7.08. The molecule has 144 valence electrons. The van der Waals surface area contributed by atoms with Gasteiger partial charge in [-0.1, -0.05) is 18.2 Å². The summed E-state index contributed by atoms with van der Waals surface area (Å²) in [6, 6.07) is 13.4. The molecule has 1 aliphatic heterocycles. The zero-order valence-electron chi connectivity index (χ0n) is 16.0. The third-order valence-electron chi connectivity index (χ3n) is 5.00. The molecular formula is C22H24N4O2. The van der Waals surface area contributed by atoms with Crippen LogP contribution in [0.3, 0.4) is 0 Å². The maximum absolute atomic E-state index is 13.4. The molecule has 0 spiro atoms. The van der Waals surface area contributed by atoms with Gasteiger partial charge in [0.15, 0.2) is 0 Å². The molecule has 1 saturated heterocycles. The number of benzene rings is 1. The SMILES string of the molecule is Cn1ccnc1-c1cccc(C(=O)N(Cc2ccccn2)C[C@H]2CCCO2)c1. The van der Waals surface area contributed by atoms with E-state index in [1.165, 1.54) is 0 Å². The second kappa shape index (κ2) is 8.35. The predicted octanol–water partition coefficient (Wildman–Crippen LogP) is 3.30. The van der Waals surface area contributed by atoms with Crippen molar-refractivity contribution in [3.8, 4) is 11.4 Å². The van der Waals surface area contributed by atoms with Crippen LogP contribution in [0.1, 0.15) is 28.9 Å². The van der Waals surface area contributed by atoms with Crippen LogP contribution < -0.4 is 0 Å². The monoisotopic (exact) mass is 376 g/mol. The van der Waals surface area contributed by atoms with Crippen molar-refractivity contribution in [1.82, 2.24) is 19.4 Å². The van der Waals surface area contributed by atoms with E-state index in [2.05, 4.69) is 9.97 Å². The van der Waals surface area contributed by atoms with E-state index in [0.717, 1.165) is 36.5 Å². The fourth-order valence-corrected chi connectivity index (χ4v) is 3.56. The van der Waals surface area contributed by atoms with Crippen LogP contribution in [0.5, 0.6) is 0 Å². The van der Waals surface area contributed by atoms with E-state index in [0.29, 0.717) is 18.7 Å². The molecule has 0 unspecified atom stereocenters. The first-order valence-electron chi connectivity index (χ1n) is 9.59. The molecule has 3 heterocycles. The van der Waals surface area contributed by atoms with Gasteiger partial charge in [0, 0.05) is 49.9 Å². The Morgan fingerprint density at radius 2 is 2.14 bits per heavy atom. The van der Waals surface area contributed by atoms with Crippen LogP contribution in [0.25, 0.3) is 11.4 Å². The third kappa shape index (κ3) is 4.12. The van der Waals surface area contributed by atoms with Crippen molar-refractivity contribution in [3.05, 3.63) is 72.3 Å². The predicted molar refractivity (Wildman–Crippen MR) is 107 cm³/mol. The van der Waals surface area contributed by atoms with E-state index < -0.39 is 0 Å². The maximum atomic E-state index is 13.4. The summed E-state index contributed by atoms with van der Waals surface area (Å²) >= 11 is 0. The van der Waals surface area contributed by atoms with Gasteiger partial charge in [-0.05, 0) is 37.1 Å². The Hall–Kier alpha value is -2.99. The van der Waals surface area contributed by atoms with Gasteiger partial charge in [-0.2, -0.15) is 0 Å². The Morgan fingerprint density at radius 3 is 2.86 bits per heavy atom. The standard InChI is InChI=1S/C22H24N4O2/c1-25-12-11-24-21(25)17-6-4-7-18(14-17)22(27)26(16-20-9-5-13-28-20)15-19-8-2-3-10-23-19/h2-4,6-8,10-12,14,20H,5,9,13,15-16H2,1H3/t20-/m1/s1. The zero-order valence-corrected chi connectivity index (χ0v) is 16.0. The summed E-state index contributed by atoms with van der Waals surface area (Å²) in [7, 11) is 1.95. The number of aryl methyl sites for hydroxylation is 1. The number of rotatable bonds is 6. The number of hydrogen-bond acceptors (Lipinski definition) is 4. The molecule has 28 heavy (non-hydrogen) atoms. The first-order valence-corrected chi connectivity index (χ1v) is 9.59. The van der Waals surface area contributed by atoms with Gasteiger partial charge in [-0.25, -0.2) is 4.98 Å². The fourth-order valence-electron chi connectivity index (χ4n) is 3.56. The number of ether oxygens (including phenoxy) is 1. The summed E-state index contributed by atoms with van der Waals surface area (Å²) in [4.78, 5) is 24.0. The molecule has 1 atom stereocenters. The molecule has 6 heteroatoms. The quantitative estimate of drug-likeness (QED) is 0.662. The Labute approximate surface area is 164 Å². The van der Waals surface area contributed by atoms with E-state index in [1.807, 2.05) is 65.2 Å². The highest BCUT2D eigenvalue weighted by Crippen LogP contribution is 2.21. The van der Waals surface area contributed by atoms with Gasteiger partial charge < -0.3 is 14.2 Å². The van der Waals surface area contributed by atoms with E-state index in [1.54, 1.807) is 12.4 Å². The lowest BCUT2D eigenvalue weighted by atomic mass is 10.1. The number of nitrogens with zero attached hydrogens (tertiary/aromatic N) is 4. The van der Waals surface area contributed by atoms with E-state index in [-0.39, 0.29) is 12.0 Å². The first kappa shape index (κ1) is 18.4. The van der Waals surface area contributed by atoms with Crippen molar-refractivity contribution in [2.45, 2.75) is 25.5 Å². The highest BCUT2D eigenvalue weighted by Gasteiger charge is 2.24. The van der Waals surface area contributed by atoms with Crippen LogP contribution in [-0.2, 0) is 18.3 Å². The highest BCUT2D eigenvalue weighted by atomic mass is 16.5. The molecule has 0 bridgehead atoms. The van der Waals surface area contributed by atoms with Crippen molar-refractivity contribution in [1.29, 1.82) is 0 Å². The van der Waals surface area contributed by atoms with Crippen LogP contribution in [0.15, 0.2) is 61.1 Å². The lowest BCUT2D eigenvalue weighted by Crippen LogP contribution is -2.37. The average Bonchev–Trinajstić information content (AvgIpc) is 3.39. The lowest BCUT2D eigenvalue weighted by molar-refractivity contribution is 0.0504. The smallest absolute Gasteiger partial charge is 0.254 e. The largest absolute Gasteiger partial charge is 0.376 e. The lowest BCUT2D eigenvalue weighted by Gasteiger charge is -2.25. The molecule has 0 radical (unpaired) electrons. The summed E-state index contributed by atoms with van der Waals surface area (Å²) in [6.07, 6.45) is 7.53. The van der Waals surface area contributed by atoms with E-state index >= 15 is 0 Å². The molecule has 1 aliphatic rings. The van der Waals surface area contributed by atoms with Crippen molar-refractivity contribution in [3.63, 3.8) is 0 Å². The molecule has 1 amide bonds. The topological polar surface area (TPSA) is 60.2 Å². The van der Waals surface area contributed by atoms with E-state index in [9.17, 15) is 4.79 Å². The number of amides is 1. The molecule has 1 aromatic carbocycles. The first-order chi connectivity index (χ1) is 13.7. The van der Waals surface area contributed by atoms with Crippen LogP contribution in [0.4, 0.5) is 0 Å². The fraction of sp³-hybridized carbons (Fsp3) is 0.318. The molecule has 4 rings (SSSR count). The summed E-state index contributed by atoms with van der Waals surface area (Å²) < 4.78 is 7.72. The molecule has 2 aromatic heterocycles. The van der Waals surface area contributed by atoms with Crippen molar-refractivity contribution in [2.75, 3.05) is 13.2 Å². The molecule has 1 fully saturated rings. The van der Waals surface area contributed by atoms with E-state index in [4.69, 9.17) is 4.74 Å². The molecule has 6 nitrogen and oxygen atoms in total. The molecular weight excluding hydrogens is 352 g/mol. The van der Waals surface area contributed by atoms with Crippen LogP contribution in [0.2, 0.25) is 0 Å². The number of aromatic nitrogens is 3. The number of carbonyl (C=O) groups is 1. The highest BCUT2D eigenvalue weighted by molar-refractivity contribution is 5.95. The molecule has 0 aliphatic carbocycles. The summed E-state index contributed by atoms with van der Waals surface area (Å²) in [5.74, 6) is 0.822. The van der Waals surface area contributed by atoms with Crippen LogP contribution >= 0.6 is 0 Å². The Balaban J connectivity index is 1.60. The van der Waals surface area contributed by atoms with Gasteiger partial charge in [0.25, 0.3) is 5.91 Å². The summed E-state index contributed by atoms with van der Waals surface area (Å²) in [6.45, 7) is 1.80. The van der Waals surface area contributed by atoms with Gasteiger partial charge in [0.05, 0.1) is 18.3 Å². The summed E-state index contributed by atoms with van der Waals surface area (Å²) in [5, 5.41) is 0. The minimum Gasteiger partial charge on any atom is -0.376 e. The minimum atomic E-state index is -0.0165. The number of hydrogen-bond donors (Lipinski definition) is 0. The maximum Gasteiger partial charge on any atom is 0.254 e. The number of carbonyl (C=O) groups excluding carboxylic acids is 1. The average molecular weight is 376 g/mol. The molecule has 0 N–H and O–H groups in total.